The summed E-state index contributed by atoms with van der Waals surface area (Å²) in [5.74, 6) is 1.98. The van der Waals surface area contributed by atoms with Gasteiger partial charge in [-0.25, -0.2) is 4.98 Å². The topological polar surface area (TPSA) is 74.4 Å². The zero-order valence-corrected chi connectivity index (χ0v) is 24.5. The number of anilines is 1. The fourth-order valence-corrected chi connectivity index (χ4v) is 4.96. The van der Waals surface area contributed by atoms with Gasteiger partial charge in [0.2, 0.25) is 5.82 Å². The minimum Gasteiger partial charge on any atom is -0.355 e. The lowest BCUT2D eigenvalue weighted by Gasteiger charge is -2.39. The van der Waals surface area contributed by atoms with E-state index in [0.29, 0.717) is 23.8 Å². The zero-order valence-electron chi connectivity index (χ0n) is 21.2. The molecule has 5 heterocycles. The number of aromatic nitrogens is 4. The lowest BCUT2D eigenvalue weighted by molar-refractivity contribution is 0.0965. The van der Waals surface area contributed by atoms with E-state index in [9.17, 15) is 0 Å². The maximum atomic E-state index is 5.46. The number of hydrogen-bond donors (Lipinski definition) is 0. The van der Waals surface area contributed by atoms with E-state index in [2.05, 4.69) is 49.7 Å². The molecule has 0 unspecified atom stereocenters. The Bertz CT molecular complexity index is 1050. The summed E-state index contributed by atoms with van der Waals surface area (Å²) in [6.07, 6.45) is 7.15. The molecule has 0 radical (unpaired) electrons. The molecule has 2 saturated heterocycles. The third kappa shape index (κ3) is 8.15. The number of nitrogens with zero attached hydrogens (tertiary/aromatic N) is 7. The number of pyridine rings is 2. The van der Waals surface area contributed by atoms with E-state index in [1.165, 1.54) is 32.5 Å². The minimum atomic E-state index is 0. The third-order valence-electron chi connectivity index (χ3n) is 6.92. The van der Waals surface area contributed by atoms with Crippen molar-refractivity contribution < 1.29 is 4.52 Å². The van der Waals surface area contributed by atoms with Crippen LogP contribution in [0, 0.1) is 0 Å². The van der Waals surface area contributed by atoms with E-state index in [0.717, 1.165) is 43.1 Å². The number of halogens is 4. The molecule has 5 rings (SSSR count). The van der Waals surface area contributed by atoms with Crippen LogP contribution in [0.15, 0.2) is 47.2 Å². The van der Waals surface area contributed by atoms with Crippen LogP contribution in [0.5, 0.6) is 0 Å². The number of rotatable bonds is 5. The van der Waals surface area contributed by atoms with Gasteiger partial charge in [0.1, 0.15) is 11.5 Å². The Morgan fingerprint density at radius 2 is 1.57 bits per heavy atom. The van der Waals surface area contributed by atoms with E-state index in [4.69, 9.17) is 9.51 Å². The Labute approximate surface area is 244 Å². The second kappa shape index (κ2) is 15.7. The predicted octanol–water partition coefficient (Wildman–Crippen LogP) is 5.27. The van der Waals surface area contributed by atoms with Crippen molar-refractivity contribution in [3.05, 3.63) is 42.7 Å². The van der Waals surface area contributed by atoms with E-state index >= 15 is 0 Å². The molecule has 12 heteroatoms. The lowest BCUT2D eigenvalue weighted by Crippen LogP contribution is -2.47. The van der Waals surface area contributed by atoms with Gasteiger partial charge >= 0.3 is 0 Å². The van der Waals surface area contributed by atoms with Crippen molar-refractivity contribution >= 4 is 55.4 Å². The highest BCUT2D eigenvalue weighted by molar-refractivity contribution is 5.86. The highest BCUT2D eigenvalue weighted by Crippen LogP contribution is 2.24. The molecular weight excluding hydrogens is 556 g/mol. The van der Waals surface area contributed by atoms with Gasteiger partial charge in [-0.1, -0.05) is 11.2 Å². The summed E-state index contributed by atoms with van der Waals surface area (Å²) in [5.41, 5.74) is 1.59. The monoisotopic (exact) mass is 591 g/mol. The number of piperidine rings is 1. The zero-order chi connectivity index (χ0) is 22.6. The standard InChI is InChI=1S/C25H33N7O.4ClH/c1-19(2)30-15-9-21(10-16-30)31-13-4-14-32(18-17-31)23-6-3-5-22(27-23)24-28-25(33-29-24)20-7-11-26-12-8-20;;;;/h3,5-8,11-12,19,21H,4,9-10,13-18H2,1-2H3;4*1H. The van der Waals surface area contributed by atoms with Crippen molar-refractivity contribution in [1.82, 2.24) is 29.9 Å². The molecule has 2 aliphatic heterocycles. The Balaban J connectivity index is 0.00000171. The normalized spacial score (nSPS) is 17.1. The first-order valence-electron chi connectivity index (χ1n) is 12.1. The molecule has 8 nitrogen and oxygen atoms in total. The molecule has 3 aromatic heterocycles. The van der Waals surface area contributed by atoms with E-state index in [1.807, 2.05) is 24.3 Å². The summed E-state index contributed by atoms with van der Waals surface area (Å²) in [4.78, 5) is 21.2. The van der Waals surface area contributed by atoms with E-state index in [1.54, 1.807) is 12.4 Å². The van der Waals surface area contributed by atoms with Gasteiger partial charge in [-0.05, 0) is 70.5 Å². The van der Waals surface area contributed by atoms with E-state index < -0.39 is 0 Å². The van der Waals surface area contributed by atoms with Crippen LogP contribution in [-0.4, -0.2) is 81.3 Å². The molecule has 0 aromatic carbocycles. The van der Waals surface area contributed by atoms with E-state index in [-0.39, 0.29) is 49.6 Å². The maximum Gasteiger partial charge on any atom is 0.258 e. The van der Waals surface area contributed by atoms with Crippen molar-refractivity contribution in [3.63, 3.8) is 0 Å². The smallest absolute Gasteiger partial charge is 0.258 e. The molecule has 2 fully saturated rings. The average Bonchev–Trinajstić information content (AvgIpc) is 3.23. The van der Waals surface area contributed by atoms with Gasteiger partial charge in [-0.2, -0.15) is 4.98 Å². The quantitative estimate of drug-likeness (QED) is 0.397. The highest BCUT2D eigenvalue weighted by atomic mass is 35.5. The molecule has 0 aliphatic carbocycles. The largest absolute Gasteiger partial charge is 0.355 e. The minimum absolute atomic E-state index is 0. The molecule has 0 amide bonds. The molecule has 37 heavy (non-hydrogen) atoms. The lowest BCUT2D eigenvalue weighted by atomic mass is 10.0. The Hall–Kier alpha value is -1.68. The summed E-state index contributed by atoms with van der Waals surface area (Å²) in [6, 6.07) is 11.1. The van der Waals surface area contributed by atoms with Crippen LogP contribution in [0.4, 0.5) is 5.82 Å². The molecule has 2 aliphatic rings. The first kappa shape index (κ1) is 33.3. The van der Waals surface area contributed by atoms with Gasteiger partial charge in [0.15, 0.2) is 0 Å². The molecule has 0 atom stereocenters. The molecule has 0 bridgehead atoms. The Morgan fingerprint density at radius 1 is 0.838 bits per heavy atom. The van der Waals surface area contributed by atoms with Crippen molar-refractivity contribution in [1.29, 1.82) is 0 Å². The van der Waals surface area contributed by atoms with Crippen LogP contribution in [0.25, 0.3) is 23.0 Å². The second-order valence-electron chi connectivity index (χ2n) is 9.28. The van der Waals surface area contributed by atoms with Crippen LogP contribution >= 0.6 is 49.6 Å². The number of likely N-dealkylation sites (tertiary alicyclic amines) is 1. The summed E-state index contributed by atoms with van der Waals surface area (Å²) in [6.45, 7) is 11.3. The molecule has 206 valence electrons. The van der Waals surface area contributed by atoms with Crippen molar-refractivity contribution in [2.45, 2.75) is 45.2 Å². The Kier molecular flexibility index (Phi) is 14.1. The number of hydrogen-bond acceptors (Lipinski definition) is 8. The SMILES string of the molecule is CC(C)N1CCC(N2CCCN(c3cccc(-c4noc(-c5ccncc5)n4)n3)CC2)CC1.Cl.Cl.Cl.Cl. The van der Waals surface area contributed by atoms with Crippen LogP contribution in [0.1, 0.15) is 33.1 Å². The van der Waals surface area contributed by atoms with Crippen LogP contribution < -0.4 is 4.90 Å². The molecule has 0 N–H and O–H groups in total. The maximum absolute atomic E-state index is 5.46. The van der Waals surface area contributed by atoms with Crippen molar-refractivity contribution in [3.8, 4) is 23.0 Å². The summed E-state index contributed by atoms with van der Waals surface area (Å²) >= 11 is 0. The van der Waals surface area contributed by atoms with Crippen LogP contribution in [0.3, 0.4) is 0 Å². The van der Waals surface area contributed by atoms with Gasteiger partial charge in [-0.3, -0.25) is 9.88 Å². The van der Waals surface area contributed by atoms with Crippen LogP contribution in [-0.2, 0) is 0 Å². The first-order valence-corrected chi connectivity index (χ1v) is 12.1. The fraction of sp³-hybridized carbons (Fsp3) is 0.520. The molecule has 3 aromatic rings. The van der Waals surface area contributed by atoms with Crippen molar-refractivity contribution in [2.24, 2.45) is 0 Å². The fourth-order valence-electron chi connectivity index (χ4n) is 4.96. The predicted molar refractivity (Wildman–Crippen MR) is 158 cm³/mol. The van der Waals surface area contributed by atoms with Crippen LogP contribution in [0.2, 0.25) is 0 Å². The summed E-state index contributed by atoms with van der Waals surface area (Å²) < 4.78 is 5.46. The van der Waals surface area contributed by atoms with Crippen molar-refractivity contribution in [2.75, 3.05) is 44.2 Å². The first-order chi connectivity index (χ1) is 16.2. The Morgan fingerprint density at radius 3 is 2.27 bits per heavy atom. The molecule has 0 saturated carbocycles. The highest BCUT2D eigenvalue weighted by Gasteiger charge is 2.27. The average molecular weight is 593 g/mol. The van der Waals surface area contributed by atoms with Gasteiger partial charge in [0.05, 0.1) is 0 Å². The summed E-state index contributed by atoms with van der Waals surface area (Å²) in [7, 11) is 0. The molecular formula is C25H37Cl4N7O. The van der Waals surface area contributed by atoms with Gasteiger partial charge < -0.3 is 14.3 Å². The second-order valence-corrected chi connectivity index (χ2v) is 9.28. The summed E-state index contributed by atoms with van der Waals surface area (Å²) in [5, 5.41) is 4.16. The van der Waals surface area contributed by atoms with Gasteiger partial charge in [0, 0.05) is 56.2 Å². The molecule has 0 spiro atoms. The van der Waals surface area contributed by atoms with Gasteiger partial charge in [-0.15, -0.1) is 49.6 Å². The van der Waals surface area contributed by atoms with Gasteiger partial charge in [0.25, 0.3) is 5.89 Å². The third-order valence-corrected chi connectivity index (χ3v) is 6.92.